The summed E-state index contributed by atoms with van der Waals surface area (Å²) in [5.41, 5.74) is 2.06. The van der Waals surface area contributed by atoms with Crippen LogP contribution in [0.2, 0.25) is 0 Å². The van der Waals surface area contributed by atoms with E-state index < -0.39 is 5.60 Å². The van der Waals surface area contributed by atoms with Crippen LogP contribution in [-0.4, -0.2) is 11.0 Å². The van der Waals surface area contributed by atoms with Gasteiger partial charge in [0, 0.05) is 0 Å². The van der Waals surface area contributed by atoms with Gasteiger partial charge >= 0.3 is 21.0 Å². The Bertz CT molecular complexity index is 31.8. The molecule has 0 bridgehead atoms. The summed E-state index contributed by atoms with van der Waals surface area (Å²) in [7, 11) is 0. The molecule has 1 nitrogen and oxygen atoms in total. The molecule has 0 saturated carbocycles. The average molecular weight is 151 g/mol. The molecule has 2 heteroatoms. The summed E-state index contributed by atoms with van der Waals surface area (Å²) in [6.45, 7) is 4.90. The standard InChI is InChI=1S/C4H9O.CH2.Cu/c1-4(2,3)5;;/h1-3H3;1H2;/q-1;;+1. The Kier molecular flexibility index (Phi) is 6.67. The topological polar surface area (TPSA) is 23.1 Å². The summed E-state index contributed by atoms with van der Waals surface area (Å²) in [5, 5.41) is 10.1. The van der Waals surface area contributed by atoms with Crippen molar-refractivity contribution < 1.29 is 20.7 Å². The first-order chi connectivity index (χ1) is 3.00. The van der Waals surface area contributed by atoms with Crippen LogP contribution in [0.5, 0.6) is 0 Å². The summed E-state index contributed by atoms with van der Waals surface area (Å²) in [6.07, 6.45) is 0. The maximum absolute atomic E-state index is 10.1. The Labute approximate surface area is 53.1 Å². The zero-order valence-corrected chi connectivity index (χ0v) is 5.86. The normalized spacial score (nSPS) is 9.43. The van der Waals surface area contributed by atoms with Crippen LogP contribution in [0.25, 0.3) is 0 Å². The molecule has 7 heavy (non-hydrogen) atoms. The number of hydrogen-bond acceptors (Lipinski definition) is 1. The van der Waals surface area contributed by atoms with Crippen molar-refractivity contribution in [2.75, 3.05) is 0 Å². The molecular weight excluding hydrogens is 140 g/mol. The molecule has 0 unspecified atom stereocenters. The minimum absolute atomic E-state index is 0.750. The molecule has 0 heterocycles. The zero-order valence-electron chi connectivity index (χ0n) is 4.92. The maximum atomic E-state index is 10.1. The predicted molar refractivity (Wildman–Crippen MR) is 26.9 cm³/mol. The van der Waals surface area contributed by atoms with E-state index in [0.717, 1.165) is 0 Å². The van der Waals surface area contributed by atoms with Gasteiger partial charge < -0.3 is 5.11 Å². The van der Waals surface area contributed by atoms with Crippen molar-refractivity contribution in [3.05, 3.63) is 0 Å². The van der Waals surface area contributed by atoms with Crippen molar-refractivity contribution >= 4 is 5.42 Å². The summed E-state index contributed by atoms with van der Waals surface area (Å²) < 4.78 is 0. The van der Waals surface area contributed by atoms with Crippen molar-refractivity contribution in [2.45, 2.75) is 26.4 Å². The second-order valence-corrected chi connectivity index (χ2v) is 2.11. The molecule has 0 aliphatic carbocycles. The van der Waals surface area contributed by atoms with E-state index in [1.54, 1.807) is 20.8 Å². The molecule has 0 fully saturated rings. The SMILES string of the molecule is CC(C)(C)[O-].[CH2]=[Cu+]. The summed E-state index contributed by atoms with van der Waals surface area (Å²) in [6, 6.07) is 0. The second kappa shape index (κ2) is 4.51. The predicted octanol–water partition coefficient (Wildman–Crippen LogP) is 0.110. The van der Waals surface area contributed by atoms with Gasteiger partial charge in [0.1, 0.15) is 0 Å². The van der Waals surface area contributed by atoms with E-state index in [1.165, 1.54) is 0 Å². The van der Waals surface area contributed by atoms with Crippen molar-refractivity contribution in [1.29, 1.82) is 0 Å². The summed E-state index contributed by atoms with van der Waals surface area (Å²) >= 11 is 3.94. The fourth-order valence-corrected chi connectivity index (χ4v) is 0. The van der Waals surface area contributed by atoms with Crippen molar-refractivity contribution in [1.82, 2.24) is 0 Å². The molecule has 0 radical (unpaired) electrons. The third-order valence-corrected chi connectivity index (χ3v) is 0. The third kappa shape index (κ3) is 983. The Morgan fingerprint density at radius 3 is 1.29 bits per heavy atom. The Balaban J connectivity index is 0. The molecule has 0 aliphatic heterocycles. The van der Waals surface area contributed by atoms with Gasteiger partial charge in [0.2, 0.25) is 0 Å². The van der Waals surface area contributed by atoms with Gasteiger partial charge in [0.25, 0.3) is 0 Å². The van der Waals surface area contributed by atoms with Crippen LogP contribution in [0.15, 0.2) is 0 Å². The Morgan fingerprint density at radius 1 is 1.29 bits per heavy atom. The second-order valence-electron chi connectivity index (χ2n) is 2.11. The van der Waals surface area contributed by atoms with Gasteiger partial charge in [0.15, 0.2) is 0 Å². The van der Waals surface area contributed by atoms with Crippen LogP contribution in [0.4, 0.5) is 0 Å². The molecule has 48 valence electrons. The van der Waals surface area contributed by atoms with Gasteiger partial charge in [-0.25, -0.2) is 0 Å². The first-order valence-corrected chi connectivity index (χ1v) is 2.58. The molecule has 0 spiro atoms. The zero-order chi connectivity index (χ0) is 6.50. The molecule has 0 aliphatic rings. The van der Waals surface area contributed by atoms with Crippen molar-refractivity contribution in [3.8, 4) is 0 Å². The Morgan fingerprint density at radius 2 is 1.29 bits per heavy atom. The van der Waals surface area contributed by atoms with E-state index in [0.29, 0.717) is 0 Å². The number of rotatable bonds is 0. The molecule has 0 rings (SSSR count). The Hall–Kier alpha value is 0.349. The molecule has 0 aromatic carbocycles. The van der Waals surface area contributed by atoms with Crippen LogP contribution < -0.4 is 5.11 Å². The molecule has 0 amide bonds. The van der Waals surface area contributed by atoms with Gasteiger partial charge in [-0.05, 0) is 0 Å². The molecule has 0 aromatic heterocycles. The summed E-state index contributed by atoms with van der Waals surface area (Å²) in [5.74, 6) is 0. The number of hydrogen-bond donors (Lipinski definition) is 0. The average Bonchev–Trinajstić information content (AvgIpc) is 1.36. The monoisotopic (exact) mass is 150 g/mol. The van der Waals surface area contributed by atoms with Crippen molar-refractivity contribution in [2.24, 2.45) is 0 Å². The van der Waals surface area contributed by atoms with Gasteiger partial charge in [-0.1, -0.05) is 20.8 Å². The van der Waals surface area contributed by atoms with Crippen LogP contribution in [0.1, 0.15) is 20.8 Å². The van der Waals surface area contributed by atoms with Gasteiger partial charge in [-0.3, -0.25) is 0 Å². The van der Waals surface area contributed by atoms with Crippen LogP contribution >= 0.6 is 0 Å². The van der Waals surface area contributed by atoms with Crippen LogP contribution in [0.3, 0.4) is 0 Å². The van der Waals surface area contributed by atoms with E-state index in [-0.39, 0.29) is 0 Å². The fraction of sp³-hybridized carbons (Fsp3) is 0.800. The quantitative estimate of drug-likeness (QED) is 0.450. The summed E-state index contributed by atoms with van der Waals surface area (Å²) in [4.78, 5) is 0. The van der Waals surface area contributed by atoms with E-state index >= 15 is 0 Å². The van der Waals surface area contributed by atoms with Gasteiger partial charge in [-0.2, -0.15) is 0 Å². The van der Waals surface area contributed by atoms with E-state index in [2.05, 4.69) is 21.0 Å². The van der Waals surface area contributed by atoms with Crippen LogP contribution in [-0.2, 0) is 15.6 Å². The third-order valence-electron chi connectivity index (χ3n) is 0. The molecule has 0 saturated heterocycles. The minimum atomic E-state index is -0.750. The fourth-order valence-electron chi connectivity index (χ4n) is 0. The molecule has 0 N–H and O–H groups in total. The molecule has 0 atom stereocenters. The van der Waals surface area contributed by atoms with Gasteiger partial charge in [0.05, 0.1) is 0 Å². The molecule has 0 aromatic rings. The van der Waals surface area contributed by atoms with E-state index in [9.17, 15) is 5.11 Å². The van der Waals surface area contributed by atoms with Crippen molar-refractivity contribution in [3.63, 3.8) is 0 Å². The first-order valence-electron chi connectivity index (χ1n) is 1.92. The first kappa shape index (κ1) is 10.4. The van der Waals surface area contributed by atoms with Crippen LogP contribution in [0, 0.1) is 0 Å². The molecular formula is C5H11CuO. The van der Waals surface area contributed by atoms with Gasteiger partial charge in [-0.15, -0.1) is 5.60 Å². The van der Waals surface area contributed by atoms with E-state index in [1.807, 2.05) is 0 Å². The van der Waals surface area contributed by atoms with E-state index in [4.69, 9.17) is 0 Å².